The zero-order valence-corrected chi connectivity index (χ0v) is 19.2. The van der Waals surface area contributed by atoms with Gasteiger partial charge in [-0.05, 0) is 48.5 Å². The first kappa shape index (κ1) is 22.1. The molecule has 2 heterocycles. The van der Waals surface area contributed by atoms with Crippen molar-refractivity contribution in [3.8, 4) is 22.8 Å². The van der Waals surface area contributed by atoms with Gasteiger partial charge in [0.25, 0.3) is 0 Å². The molecule has 0 saturated carbocycles. The van der Waals surface area contributed by atoms with E-state index in [-0.39, 0.29) is 16.8 Å². The van der Waals surface area contributed by atoms with Crippen molar-refractivity contribution < 1.29 is 9.53 Å². The van der Waals surface area contributed by atoms with Crippen molar-refractivity contribution in [3.05, 3.63) is 77.0 Å². The summed E-state index contributed by atoms with van der Waals surface area (Å²) in [5, 5.41) is 12.9. The number of ether oxygens (including phenoxy) is 1. The van der Waals surface area contributed by atoms with Gasteiger partial charge in [-0.25, -0.2) is 4.98 Å². The molecule has 0 aliphatic carbocycles. The highest BCUT2D eigenvalue weighted by Gasteiger charge is 2.18. The van der Waals surface area contributed by atoms with Crippen LogP contribution in [0.2, 0.25) is 10.2 Å². The number of hydrogen-bond acceptors (Lipinski definition) is 6. The van der Waals surface area contributed by atoms with Gasteiger partial charge in [-0.1, -0.05) is 47.1 Å². The van der Waals surface area contributed by atoms with E-state index in [0.29, 0.717) is 27.4 Å². The van der Waals surface area contributed by atoms with E-state index in [0.717, 1.165) is 11.3 Å². The summed E-state index contributed by atoms with van der Waals surface area (Å²) in [6.45, 7) is 0. The number of aromatic nitrogens is 4. The lowest BCUT2D eigenvalue weighted by molar-refractivity contribution is -0.113. The summed E-state index contributed by atoms with van der Waals surface area (Å²) in [4.78, 5) is 16.4. The minimum atomic E-state index is -0.238. The van der Waals surface area contributed by atoms with E-state index < -0.39 is 0 Å². The molecule has 2 aromatic carbocycles. The summed E-state index contributed by atoms with van der Waals surface area (Å²) >= 11 is 13.3. The molecule has 4 aromatic rings. The van der Waals surface area contributed by atoms with Crippen LogP contribution in [-0.2, 0) is 4.79 Å². The number of hydrogen-bond donors (Lipinski definition) is 1. The Balaban J connectivity index is 1.63. The van der Waals surface area contributed by atoms with Crippen LogP contribution in [-0.4, -0.2) is 38.5 Å². The van der Waals surface area contributed by atoms with Gasteiger partial charge in [-0.2, -0.15) is 0 Å². The van der Waals surface area contributed by atoms with E-state index in [1.54, 1.807) is 37.6 Å². The van der Waals surface area contributed by atoms with Crippen LogP contribution in [0.4, 0.5) is 5.69 Å². The minimum Gasteiger partial charge on any atom is -0.497 e. The van der Waals surface area contributed by atoms with Crippen molar-refractivity contribution in [1.29, 1.82) is 0 Å². The smallest absolute Gasteiger partial charge is 0.234 e. The summed E-state index contributed by atoms with van der Waals surface area (Å²) in [6.07, 6.45) is 1.56. The van der Waals surface area contributed by atoms with Crippen molar-refractivity contribution >= 4 is 46.6 Å². The zero-order valence-electron chi connectivity index (χ0n) is 16.8. The quantitative estimate of drug-likeness (QED) is 0.279. The Morgan fingerprint density at radius 2 is 1.91 bits per heavy atom. The van der Waals surface area contributed by atoms with Crippen molar-refractivity contribution in [2.45, 2.75) is 5.16 Å². The van der Waals surface area contributed by atoms with Crippen LogP contribution in [0.5, 0.6) is 5.75 Å². The Hall–Kier alpha value is -3.07. The first-order valence-corrected chi connectivity index (χ1v) is 11.2. The molecule has 4 rings (SSSR count). The molecule has 0 saturated heterocycles. The van der Waals surface area contributed by atoms with Crippen LogP contribution in [0.1, 0.15) is 0 Å². The standard InChI is InChI=1S/C22H17Cl2N5O2S/c1-31-17-5-2-4-14(12-17)21-27-28-22(29(21)16-9-7-15(23)8-10-16)32-13-19(30)26-18-6-3-11-25-20(18)24/h2-12H,13H2,1H3,(H,26,30). The first-order chi connectivity index (χ1) is 15.5. The Morgan fingerprint density at radius 1 is 1.09 bits per heavy atom. The monoisotopic (exact) mass is 485 g/mol. The maximum absolute atomic E-state index is 12.5. The Labute approximate surface area is 198 Å². The maximum atomic E-state index is 12.5. The third-order valence-electron chi connectivity index (χ3n) is 4.41. The van der Waals surface area contributed by atoms with Crippen molar-refractivity contribution in [1.82, 2.24) is 19.7 Å². The van der Waals surface area contributed by atoms with E-state index in [2.05, 4.69) is 20.5 Å². The molecular weight excluding hydrogens is 469 g/mol. The lowest BCUT2D eigenvalue weighted by atomic mass is 10.2. The highest BCUT2D eigenvalue weighted by molar-refractivity contribution is 7.99. The fourth-order valence-corrected chi connectivity index (χ4v) is 3.98. The van der Waals surface area contributed by atoms with Crippen molar-refractivity contribution in [3.63, 3.8) is 0 Å². The van der Waals surface area contributed by atoms with Gasteiger partial charge in [0, 0.05) is 22.5 Å². The number of carbonyl (C=O) groups is 1. The molecule has 0 unspecified atom stereocenters. The van der Waals surface area contributed by atoms with Gasteiger partial charge < -0.3 is 10.1 Å². The molecule has 0 spiro atoms. The fraction of sp³-hybridized carbons (Fsp3) is 0.0909. The van der Waals surface area contributed by atoms with E-state index in [9.17, 15) is 4.79 Å². The average Bonchev–Trinajstić information content (AvgIpc) is 3.24. The third-order valence-corrected chi connectivity index (χ3v) is 5.89. The Kier molecular flexibility index (Phi) is 6.94. The van der Waals surface area contributed by atoms with Crippen molar-refractivity contribution in [2.75, 3.05) is 18.2 Å². The van der Waals surface area contributed by atoms with Crippen LogP contribution in [0, 0.1) is 0 Å². The predicted octanol–water partition coefficient (Wildman–Crippen LogP) is 5.38. The number of nitrogens with one attached hydrogen (secondary N) is 1. The maximum Gasteiger partial charge on any atom is 0.234 e. The number of methoxy groups -OCH3 is 1. The van der Waals surface area contributed by atoms with Gasteiger partial charge in [0.15, 0.2) is 16.1 Å². The number of anilines is 1. The largest absolute Gasteiger partial charge is 0.497 e. The second kappa shape index (κ2) is 10.0. The third kappa shape index (κ3) is 5.04. The molecule has 0 aliphatic heterocycles. The molecular formula is C22H17Cl2N5O2S. The Bertz CT molecular complexity index is 1250. The number of nitrogens with zero attached hydrogens (tertiary/aromatic N) is 4. The van der Waals surface area contributed by atoms with Gasteiger partial charge in [0.1, 0.15) is 5.75 Å². The number of amides is 1. The number of thioether (sulfide) groups is 1. The van der Waals surface area contributed by atoms with Crippen LogP contribution < -0.4 is 10.1 Å². The summed E-state index contributed by atoms with van der Waals surface area (Å²) < 4.78 is 7.22. The highest BCUT2D eigenvalue weighted by atomic mass is 35.5. The van der Waals surface area contributed by atoms with E-state index in [1.165, 1.54) is 11.8 Å². The number of carbonyl (C=O) groups excluding carboxylic acids is 1. The van der Waals surface area contributed by atoms with Crippen LogP contribution >= 0.6 is 35.0 Å². The molecule has 0 aliphatic rings. The normalized spacial score (nSPS) is 10.7. The second-order valence-electron chi connectivity index (χ2n) is 6.53. The Morgan fingerprint density at radius 3 is 2.66 bits per heavy atom. The summed E-state index contributed by atoms with van der Waals surface area (Å²) in [5.41, 5.74) is 2.09. The van der Waals surface area contributed by atoms with Gasteiger partial charge >= 0.3 is 0 Å². The molecule has 0 radical (unpaired) electrons. The number of pyridine rings is 1. The summed E-state index contributed by atoms with van der Waals surface area (Å²) in [7, 11) is 1.61. The average molecular weight is 486 g/mol. The number of halogens is 2. The molecule has 1 amide bonds. The molecule has 1 N–H and O–H groups in total. The SMILES string of the molecule is COc1cccc(-c2nnc(SCC(=O)Nc3cccnc3Cl)n2-c2ccc(Cl)cc2)c1. The van der Waals surface area contributed by atoms with Gasteiger partial charge in [0.05, 0.1) is 18.6 Å². The molecule has 0 fully saturated rings. The second-order valence-corrected chi connectivity index (χ2v) is 8.27. The van der Waals surface area contributed by atoms with Crippen LogP contribution in [0.15, 0.2) is 72.0 Å². The molecule has 32 heavy (non-hydrogen) atoms. The van der Waals surface area contributed by atoms with Gasteiger partial charge in [-0.3, -0.25) is 9.36 Å². The number of rotatable bonds is 7. The predicted molar refractivity (Wildman–Crippen MR) is 127 cm³/mol. The molecule has 0 atom stereocenters. The van der Waals surface area contributed by atoms with Gasteiger partial charge in [0.2, 0.25) is 5.91 Å². The number of benzene rings is 2. The highest BCUT2D eigenvalue weighted by Crippen LogP contribution is 2.30. The van der Waals surface area contributed by atoms with E-state index in [4.69, 9.17) is 27.9 Å². The van der Waals surface area contributed by atoms with Crippen molar-refractivity contribution in [2.24, 2.45) is 0 Å². The van der Waals surface area contributed by atoms with Crippen LogP contribution in [0.3, 0.4) is 0 Å². The topological polar surface area (TPSA) is 81.9 Å². The molecule has 162 valence electrons. The lowest BCUT2D eigenvalue weighted by Gasteiger charge is -2.11. The molecule has 0 bridgehead atoms. The van der Waals surface area contributed by atoms with Crippen LogP contribution in [0.25, 0.3) is 17.1 Å². The fourth-order valence-electron chi connectivity index (χ4n) is 2.93. The first-order valence-electron chi connectivity index (χ1n) is 9.44. The molecule has 10 heteroatoms. The summed E-state index contributed by atoms with van der Waals surface area (Å²) in [6, 6.07) is 18.2. The lowest BCUT2D eigenvalue weighted by Crippen LogP contribution is -2.15. The molecule has 2 aromatic heterocycles. The minimum absolute atomic E-state index is 0.106. The summed E-state index contributed by atoms with van der Waals surface area (Å²) in [5.74, 6) is 1.19. The van der Waals surface area contributed by atoms with E-state index >= 15 is 0 Å². The molecule has 7 nitrogen and oxygen atoms in total. The zero-order chi connectivity index (χ0) is 22.5. The van der Waals surface area contributed by atoms with E-state index in [1.807, 2.05) is 41.0 Å². The van der Waals surface area contributed by atoms with Gasteiger partial charge in [-0.15, -0.1) is 10.2 Å².